The van der Waals surface area contributed by atoms with Gasteiger partial charge in [-0.05, 0) is 12.1 Å². The molecule has 0 fully saturated rings. The maximum absolute atomic E-state index is 11.4. The number of methoxy groups -OCH3 is 1. The number of rotatable bonds is 2. The molecule has 1 aliphatic heterocycles. The molecule has 0 saturated carbocycles. The number of hydrogen-bond donors (Lipinski definition) is 0. The summed E-state index contributed by atoms with van der Waals surface area (Å²) in [5, 5.41) is 4.86. The van der Waals surface area contributed by atoms with Crippen LogP contribution in [0.5, 0.6) is 5.75 Å². The van der Waals surface area contributed by atoms with E-state index in [0.717, 1.165) is 11.3 Å². The fraction of sp³-hybridized carbons (Fsp3) is 0.182. The van der Waals surface area contributed by atoms with E-state index < -0.39 is 0 Å². The minimum atomic E-state index is -0.0216. The van der Waals surface area contributed by atoms with Gasteiger partial charge in [0.25, 0.3) is 5.91 Å². The van der Waals surface area contributed by atoms with Crippen LogP contribution in [0.3, 0.4) is 0 Å². The van der Waals surface area contributed by atoms with E-state index in [-0.39, 0.29) is 5.91 Å². The summed E-state index contributed by atoms with van der Waals surface area (Å²) in [4.78, 5) is 15.8. The van der Waals surface area contributed by atoms with E-state index in [4.69, 9.17) is 4.74 Å². The normalized spacial score (nSPS) is 13.8. The maximum atomic E-state index is 11.4. The smallest absolute Gasteiger partial charge is 0.259 e. The zero-order valence-electron chi connectivity index (χ0n) is 9.08. The first kappa shape index (κ1) is 10.3. The number of nitrogens with zero attached hydrogens (tertiary/aromatic N) is 3. The van der Waals surface area contributed by atoms with Crippen molar-refractivity contribution in [3.63, 3.8) is 0 Å². The molecule has 1 aromatic carbocycles. The quantitative estimate of drug-likeness (QED) is 0.808. The molecule has 0 aliphatic carbocycles. The molecule has 3 rings (SSSR count). The Morgan fingerprint density at radius 3 is 3.12 bits per heavy atom. The van der Waals surface area contributed by atoms with Gasteiger partial charge in [0.1, 0.15) is 5.75 Å². The Morgan fingerprint density at radius 2 is 2.35 bits per heavy atom. The Hall–Kier alpha value is -1.82. The first-order valence-electron chi connectivity index (χ1n) is 5.05. The standard InChI is InChI=1S/C11H9N3O2S/c1-16-8-4-2-3-7(5-8)10-12-11-14(13-10)9(15)6-17-11/h2-5H,6H2,1H3. The SMILES string of the molecule is COc1cccc(-c2nc3n(n2)C(=O)CS3)c1. The highest BCUT2D eigenvalue weighted by Gasteiger charge is 2.24. The van der Waals surface area contributed by atoms with E-state index in [1.165, 1.54) is 16.4 Å². The van der Waals surface area contributed by atoms with Crippen molar-refractivity contribution in [2.75, 3.05) is 12.9 Å². The van der Waals surface area contributed by atoms with Crippen molar-refractivity contribution < 1.29 is 9.53 Å². The van der Waals surface area contributed by atoms with Crippen LogP contribution in [-0.4, -0.2) is 33.5 Å². The number of ether oxygens (including phenoxy) is 1. The summed E-state index contributed by atoms with van der Waals surface area (Å²) >= 11 is 1.41. The Bertz CT molecular complexity index is 594. The Labute approximate surface area is 102 Å². The number of aromatic nitrogens is 3. The number of hydrogen-bond acceptors (Lipinski definition) is 5. The van der Waals surface area contributed by atoms with Gasteiger partial charge >= 0.3 is 0 Å². The molecule has 17 heavy (non-hydrogen) atoms. The number of thioether (sulfide) groups is 1. The van der Waals surface area contributed by atoms with Gasteiger partial charge < -0.3 is 4.74 Å². The number of carbonyl (C=O) groups is 1. The molecule has 2 heterocycles. The molecular weight excluding hydrogens is 238 g/mol. The highest BCUT2D eigenvalue weighted by Crippen LogP contribution is 2.27. The van der Waals surface area contributed by atoms with Gasteiger partial charge in [-0.25, -0.2) is 4.98 Å². The van der Waals surface area contributed by atoms with Crippen LogP contribution in [0, 0.1) is 0 Å². The second kappa shape index (κ2) is 3.89. The van der Waals surface area contributed by atoms with E-state index >= 15 is 0 Å². The lowest BCUT2D eigenvalue weighted by Gasteiger charge is -2.00. The second-order valence-corrected chi connectivity index (χ2v) is 4.49. The molecule has 0 N–H and O–H groups in total. The summed E-state index contributed by atoms with van der Waals surface area (Å²) in [6.45, 7) is 0. The molecule has 0 radical (unpaired) electrons. The molecule has 5 nitrogen and oxygen atoms in total. The van der Waals surface area contributed by atoms with Gasteiger partial charge in [-0.15, -0.1) is 5.10 Å². The van der Waals surface area contributed by atoms with Crippen molar-refractivity contribution >= 4 is 17.7 Å². The topological polar surface area (TPSA) is 57.0 Å². The average molecular weight is 247 g/mol. The number of carbonyl (C=O) groups excluding carboxylic acids is 1. The zero-order chi connectivity index (χ0) is 11.8. The summed E-state index contributed by atoms with van der Waals surface area (Å²) in [5.41, 5.74) is 0.847. The minimum absolute atomic E-state index is 0.0216. The third-order valence-electron chi connectivity index (χ3n) is 2.47. The molecule has 1 aromatic heterocycles. The van der Waals surface area contributed by atoms with Crippen molar-refractivity contribution in [3.05, 3.63) is 24.3 Å². The molecule has 6 heteroatoms. The van der Waals surface area contributed by atoms with Crippen LogP contribution in [0.4, 0.5) is 0 Å². The van der Waals surface area contributed by atoms with Crippen molar-refractivity contribution in [1.82, 2.24) is 14.8 Å². The van der Waals surface area contributed by atoms with Gasteiger partial charge in [0, 0.05) is 5.56 Å². The Balaban J connectivity index is 2.04. The minimum Gasteiger partial charge on any atom is -0.497 e. The Kier molecular flexibility index (Phi) is 2.36. The van der Waals surface area contributed by atoms with E-state index in [0.29, 0.717) is 16.7 Å². The number of fused-ring (bicyclic) bond motifs is 1. The van der Waals surface area contributed by atoms with Crippen LogP contribution in [-0.2, 0) is 0 Å². The molecule has 0 spiro atoms. The molecule has 86 valence electrons. The molecule has 0 amide bonds. The van der Waals surface area contributed by atoms with Crippen molar-refractivity contribution in [3.8, 4) is 17.1 Å². The fourth-order valence-electron chi connectivity index (χ4n) is 1.63. The molecule has 2 aromatic rings. The van der Waals surface area contributed by atoms with Crippen molar-refractivity contribution in [2.45, 2.75) is 5.16 Å². The third kappa shape index (κ3) is 1.70. The highest BCUT2D eigenvalue weighted by molar-refractivity contribution is 8.00. The van der Waals surface area contributed by atoms with Gasteiger partial charge in [0.2, 0.25) is 0 Å². The van der Waals surface area contributed by atoms with Gasteiger partial charge in [-0.2, -0.15) is 4.68 Å². The fourth-order valence-corrected chi connectivity index (χ4v) is 2.42. The summed E-state index contributed by atoms with van der Waals surface area (Å²) in [5.74, 6) is 1.70. The molecular formula is C11H9N3O2S. The zero-order valence-corrected chi connectivity index (χ0v) is 9.90. The average Bonchev–Trinajstić information content (AvgIpc) is 2.92. The van der Waals surface area contributed by atoms with Crippen LogP contribution in [0.25, 0.3) is 11.4 Å². The van der Waals surface area contributed by atoms with Crippen LogP contribution < -0.4 is 4.74 Å². The molecule has 0 saturated heterocycles. The molecule has 0 atom stereocenters. The summed E-state index contributed by atoms with van der Waals surface area (Å²) in [6.07, 6.45) is 0. The van der Waals surface area contributed by atoms with E-state index in [2.05, 4.69) is 10.1 Å². The molecule has 0 bridgehead atoms. The lowest BCUT2D eigenvalue weighted by Crippen LogP contribution is -2.08. The van der Waals surface area contributed by atoms with Gasteiger partial charge in [-0.3, -0.25) is 4.79 Å². The van der Waals surface area contributed by atoms with Gasteiger partial charge in [0.15, 0.2) is 11.0 Å². The van der Waals surface area contributed by atoms with Crippen LogP contribution >= 0.6 is 11.8 Å². The summed E-state index contributed by atoms with van der Waals surface area (Å²) in [6, 6.07) is 7.46. The first-order valence-corrected chi connectivity index (χ1v) is 6.04. The lowest BCUT2D eigenvalue weighted by atomic mass is 10.2. The predicted molar refractivity (Wildman–Crippen MR) is 63.4 cm³/mol. The van der Waals surface area contributed by atoms with E-state index in [1.54, 1.807) is 7.11 Å². The first-order chi connectivity index (χ1) is 8.28. The van der Waals surface area contributed by atoms with Gasteiger partial charge in [0.05, 0.1) is 12.9 Å². The highest BCUT2D eigenvalue weighted by atomic mass is 32.2. The monoisotopic (exact) mass is 247 g/mol. The maximum Gasteiger partial charge on any atom is 0.259 e. The van der Waals surface area contributed by atoms with E-state index in [9.17, 15) is 4.79 Å². The third-order valence-corrected chi connectivity index (χ3v) is 3.38. The van der Waals surface area contributed by atoms with Crippen LogP contribution in [0.1, 0.15) is 4.79 Å². The summed E-state index contributed by atoms with van der Waals surface area (Å²) in [7, 11) is 1.61. The van der Waals surface area contributed by atoms with Crippen molar-refractivity contribution in [2.24, 2.45) is 0 Å². The lowest BCUT2D eigenvalue weighted by molar-refractivity contribution is 0.0923. The van der Waals surface area contributed by atoms with Crippen LogP contribution in [0.2, 0.25) is 0 Å². The second-order valence-electron chi connectivity index (χ2n) is 3.54. The van der Waals surface area contributed by atoms with Gasteiger partial charge in [-0.1, -0.05) is 23.9 Å². The van der Waals surface area contributed by atoms with Crippen LogP contribution in [0.15, 0.2) is 29.4 Å². The number of benzene rings is 1. The van der Waals surface area contributed by atoms with Crippen molar-refractivity contribution in [1.29, 1.82) is 0 Å². The Morgan fingerprint density at radius 1 is 1.47 bits per heavy atom. The predicted octanol–water partition coefficient (Wildman–Crippen LogP) is 1.70. The molecule has 0 unspecified atom stereocenters. The molecule has 1 aliphatic rings. The van der Waals surface area contributed by atoms with E-state index in [1.807, 2.05) is 24.3 Å². The largest absolute Gasteiger partial charge is 0.497 e. The summed E-state index contributed by atoms with van der Waals surface area (Å²) < 4.78 is 6.50.